The number of para-hydroxylation sites is 1. The fourth-order valence-electron chi connectivity index (χ4n) is 2.05. The molecule has 0 spiro atoms. The van der Waals surface area contributed by atoms with Gasteiger partial charge in [-0.1, -0.05) is 28.1 Å². The third-order valence-electron chi connectivity index (χ3n) is 3.25. The molecule has 24 heavy (non-hydrogen) atoms. The molecular weight excluding hydrogens is 373 g/mol. The summed E-state index contributed by atoms with van der Waals surface area (Å²) < 4.78 is 14.5. The molecule has 0 aliphatic heterocycles. The zero-order valence-electron chi connectivity index (χ0n) is 12.5. The molecule has 6 heteroatoms. The van der Waals surface area contributed by atoms with Gasteiger partial charge in [0.25, 0.3) is 5.91 Å². The lowest BCUT2D eigenvalue weighted by Crippen LogP contribution is -2.14. The van der Waals surface area contributed by atoms with Gasteiger partial charge in [-0.25, -0.2) is 9.37 Å². The number of hydrogen-bond donors (Lipinski definition) is 2. The SMILES string of the molecule is O=C(Nc1ccccc1F)c1ccc(Nc2ccc(Br)cc2)cn1. The molecule has 120 valence electrons. The first-order chi connectivity index (χ1) is 11.6. The highest BCUT2D eigenvalue weighted by molar-refractivity contribution is 9.10. The predicted octanol–water partition coefficient (Wildman–Crippen LogP) is 4.98. The summed E-state index contributed by atoms with van der Waals surface area (Å²) in [6.07, 6.45) is 1.55. The van der Waals surface area contributed by atoms with E-state index in [9.17, 15) is 9.18 Å². The lowest BCUT2D eigenvalue weighted by molar-refractivity contribution is 0.102. The number of pyridine rings is 1. The Kier molecular flexibility index (Phi) is 4.86. The van der Waals surface area contributed by atoms with Crippen molar-refractivity contribution in [1.29, 1.82) is 0 Å². The average Bonchev–Trinajstić information content (AvgIpc) is 2.59. The fraction of sp³-hybridized carbons (Fsp3) is 0. The minimum Gasteiger partial charge on any atom is -0.354 e. The van der Waals surface area contributed by atoms with Crippen molar-refractivity contribution in [1.82, 2.24) is 4.98 Å². The molecule has 0 aliphatic carbocycles. The number of benzene rings is 2. The summed E-state index contributed by atoms with van der Waals surface area (Å²) in [5.74, 6) is -0.949. The summed E-state index contributed by atoms with van der Waals surface area (Å²) in [6.45, 7) is 0. The van der Waals surface area contributed by atoms with Crippen LogP contribution < -0.4 is 10.6 Å². The lowest BCUT2D eigenvalue weighted by atomic mass is 10.2. The maximum atomic E-state index is 13.6. The first kappa shape index (κ1) is 16.1. The Labute approximate surface area is 146 Å². The third-order valence-corrected chi connectivity index (χ3v) is 3.78. The molecule has 3 rings (SSSR count). The first-order valence-corrected chi connectivity index (χ1v) is 7.95. The molecule has 0 atom stereocenters. The molecule has 1 amide bonds. The van der Waals surface area contributed by atoms with Crippen molar-refractivity contribution in [2.45, 2.75) is 0 Å². The number of halogens is 2. The molecule has 1 aromatic heterocycles. The Balaban J connectivity index is 1.68. The van der Waals surface area contributed by atoms with E-state index in [1.165, 1.54) is 12.1 Å². The topological polar surface area (TPSA) is 54.0 Å². The summed E-state index contributed by atoms with van der Waals surface area (Å²) in [5, 5.41) is 5.68. The van der Waals surface area contributed by atoms with E-state index in [1.807, 2.05) is 24.3 Å². The van der Waals surface area contributed by atoms with Crippen molar-refractivity contribution >= 4 is 38.9 Å². The summed E-state index contributed by atoms with van der Waals surface area (Å²) in [7, 11) is 0. The van der Waals surface area contributed by atoms with Crippen molar-refractivity contribution in [2.24, 2.45) is 0 Å². The molecule has 0 radical (unpaired) electrons. The zero-order valence-corrected chi connectivity index (χ0v) is 14.0. The van der Waals surface area contributed by atoms with Crippen LogP contribution in [0.15, 0.2) is 71.3 Å². The van der Waals surface area contributed by atoms with E-state index >= 15 is 0 Å². The molecule has 4 nitrogen and oxygen atoms in total. The van der Waals surface area contributed by atoms with Gasteiger partial charge in [0.05, 0.1) is 17.6 Å². The van der Waals surface area contributed by atoms with Crippen LogP contribution in [0.5, 0.6) is 0 Å². The number of aromatic nitrogens is 1. The van der Waals surface area contributed by atoms with Gasteiger partial charge in [0.1, 0.15) is 11.5 Å². The normalized spacial score (nSPS) is 10.2. The van der Waals surface area contributed by atoms with Crippen molar-refractivity contribution in [3.05, 3.63) is 82.8 Å². The van der Waals surface area contributed by atoms with E-state index in [1.54, 1.807) is 30.5 Å². The highest BCUT2D eigenvalue weighted by Gasteiger charge is 2.10. The van der Waals surface area contributed by atoms with E-state index in [0.717, 1.165) is 15.8 Å². The first-order valence-electron chi connectivity index (χ1n) is 7.16. The van der Waals surface area contributed by atoms with Crippen molar-refractivity contribution in [3.63, 3.8) is 0 Å². The summed E-state index contributed by atoms with van der Waals surface area (Å²) in [5.41, 5.74) is 1.99. The maximum absolute atomic E-state index is 13.6. The third kappa shape index (κ3) is 3.97. The monoisotopic (exact) mass is 385 g/mol. The van der Waals surface area contributed by atoms with Crippen molar-refractivity contribution in [2.75, 3.05) is 10.6 Å². The van der Waals surface area contributed by atoms with Gasteiger partial charge < -0.3 is 10.6 Å². The number of hydrogen-bond acceptors (Lipinski definition) is 3. The molecule has 0 unspecified atom stereocenters. The Morgan fingerprint density at radius 2 is 1.67 bits per heavy atom. The van der Waals surface area contributed by atoms with Crippen LogP contribution in [0.2, 0.25) is 0 Å². The van der Waals surface area contributed by atoms with E-state index in [2.05, 4.69) is 31.5 Å². The molecule has 2 aromatic carbocycles. The molecule has 0 aliphatic rings. The Morgan fingerprint density at radius 3 is 2.33 bits per heavy atom. The number of rotatable bonds is 4. The van der Waals surface area contributed by atoms with Crippen molar-refractivity contribution < 1.29 is 9.18 Å². The summed E-state index contributed by atoms with van der Waals surface area (Å²) in [4.78, 5) is 16.2. The average molecular weight is 386 g/mol. The molecule has 0 saturated carbocycles. The molecule has 2 N–H and O–H groups in total. The molecule has 0 fully saturated rings. The molecule has 1 heterocycles. The maximum Gasteiger partial charge on any atom is 0.274 e. The fourth-order valence-corrected chi connectivity index (χ4v) is 2.32. The van der Waals surface area contributed by atoms with Gasteiger partial charge in [0, 0.05) is 10.2 Å². The number of carbonyl (C=O) groups excluding carboxylic acids is 1. The number of amides is 1. The largest absolute Gasteiger partial charge is 0.354 e. The van der Waals surface area contributed by atoms with Crippen LogP contribution >= 0.6 is 15.9 Å². The smallest absolute Gasteiger partial charge is 0.274 e. The van der Waals surface area contributed by atoms with Crippen LogP contribution in [0.3, 0.4) is 0 Å². The van der Waals surface area contributed by atoms with Gasteiger partial charge in [0.15, 0.2) is 0 Å². The molecule has 0 saturated heterocycles. The second kappa shape index (κ2) is 7.23. The Morgan fingerprint density at radius 1 is 0.958 bits per heavy atom. The number of nitrogens with one attached hydrogen (secondary N) is 2. The van der Waals surface area contributed by atoms with Crippen LogP contribution in [0, 0.1) is 5.82 Å². The van der Waals surface area contributed by atoms with Crippen LogP contribution in [-0.4, -0.2) is 10.9 Å². The van der Waals surface area contributed by atoms with Crippen LogP contribution in [0.25, 0.3) is 0 Å². The van der Waals surface area contributed by atoms with E-state index in [-0.39, 0.29) is 11.4 Å². The summed E-state index contributed by atoms with van der Waals surface area (Å²) >= 11 is 3.38. The van der Waals surface area contributed by atoms with Gasteiger partial charge in [0.2, 0.25) is 0 Å². The van der Waals surface area contributed by atoms with Gasteiger partial charge >= 0.3 is 0 Å². The second-order valence-corrected chi connectivity index (χ2v) is 5.91. The number of carbonyl (C=O) groups is 1. The lowest BCUT2D eigenvalue weighted by Gasteiger charge is -2.08. The second-order valence-electron chi connectivity index (χ2n) is 5.00. The Bertz CT molecular complexity index is 851. The van der Waals surface area contributed by atoms with E-state index in [4.69, 9.17) is 0 Å². The zero-order chi connectivity index (χ0) is 16.9. The molecule has 0 bridgehead atoms. The van der Waals surface area contributed by atoms with E-state index in [0.29, 0.717) is 0 Å². The number of anilines is 3. The summed E-state index contributed by atoms with van der Waals surface area (Å²) in [6, 6.07) is 17.0. The minimum atomic E-state index is -0.487. The van der Waals surface area contributed by atoms with Crippen molar-refractivity contribution in [3.8, 4) is 0 Å². The quantitative estimate of drug-likeness (QED) is 0.665. The number of nitrogens with zero attached hydrogens (tertiary/aromatic N) is 1. The van der Waals surface area contributed by atoms with E-state index < -0.39 is 11.7 Å². The van der Waals surface area contributed by atoms with Gasteiger partial charge in [-0.2, -0.15) is 0 Å². The van der Waals surface area contributed by atoms with Crippen LogP contribution in [0.1, 0.15) is 10.5 Å². The van der Waals surface area contributed by atoms with Gasteiger partial charge in [-0.15, -0.1) is 0 Å². The predicted molar refractivity (Wildman–Crippen MR) is 96.0 cm³/mol. The molecular formula is C18H13BrFN3O. The standard InChI is InChI=1S/C18H13BrFN3O/c19-12-5-7-13(8-6-12)22-14-9-10-17(21-11-14)18(24)23-16-4-2-1-3-15(16)20/h1-11,22H,(H,23,24). The Hall–Kier alpha value is -2.73. The molecule has 3 aromatic rings. The van der Waals surface area contributed by atoms with Crippen LogP contribution in [-0.2, 0) is 0 Å². The van der Waals surface area contributed by atoms with Crippen LogP contribution in [0.4, 0.5) is 21.5 Å². The van der Waals surface area contributed by atoms with Gasteiger partial charge in [-0.05, 0) is 48.5 Å². The minimum absolute atomic E-state index is 0.126. The van der Waals surface area contributed by atoms with Gasteiger partial charge in [-0.3, -0.25) is 4.79 Å². The highest BCUT2D eigenvalue weighted by Crippen LogP contribution is 2.19. The highest BCUT2D eigenvalue weighted by atomic mass is 79.9.